The van der Waals surface area contributed by atoms with E-state index in [-0.39, 0.29) is 68.0 Å². The van der Waals surface area contributed by atoms with Crippen LogP contribution in [0.1, 0.15) is 106 Å². The van der Waals surface area contributed by atoms with E-state index >= 15 is 0 Å². The van der Waals surface area contributed by atoms with Gasteiger partial charge < -0.3 is 43.7 Å². The second-order valence-electron chi connectivity index (χ2n) is 17.6. The Bertz CT molecular complexity index is 3020. The summed E-state index contributed by atoms with van der Waals surface area (Å²) in [6.45, 7) is 3.64. The number of nitrogens with zero attached hydrogens (tertiary/aromatic N) is 8. The van der Waals surface area contributed by atoms with Crippen molar-refractivity contribution in [1.82, 2.24) is 19.6 Å². The lowest BCUT2D eigenvalue weighted by atomic mass is 10.0. The summed E-state index contributed by atoms with van der Waals surface area (Å²) in [5.74, 6) is -0.223. The van der Waals surface area contributed by atoms with Crippen LogP contribution in [0.15, 0.2) is 97.1 Å². The van der Waals surface area contributed by atoms with E-state index in [2.05, 4.69) is 10.2 Å². The van der Waals surface area contributed by atoms with Gasteiger partial charge in [-0.1, -0.05) is 7.43 Å². The van der Waals surface area contributed by atoms with Gasteiger partial charge in [-0.05, 0) is 143 Å². The van der Waals surface area contributed by atoms with Crippen LogP contribution in [0, 0.1) is 0 Å². The Hall–Kier alpha value is -8.32. The van der Waals surface area contributed by atoms with Gasteiger partial charge >= 0.3 is 11.9 Å². The fourth-order valence-electron chi connectivity index (χ4n) is 9.55. The average molecular weight is 1010 g/mol. The number of carbonyl (C=O) groups excluding carboxylic acids is 6. The topological polar surface area (TPSA) is 208 Å². The molecule has 386 valence electrons. The summed E-state index contributed by atoms with van der Waals surface area (Å²) in [7, 11) is 3.14. The van der Waals surface area contributed by atoms with Gasteiger partial charge in [-0.2, -0.15) is 10.2 Å². The van der Waals surface area contributed by atoms with Crippen LogP contribution >= 0.6 is 0 Å². The minimum atomic E-state index is -0.686. The quantitative estimate of drug-likeness (QED) is 0.114. The van der Waals surface area contributed by atoms with E-state index in [0.717, 1.165) is 42.7 Å². The lowest BCUT2D eigenvalue weighted by Crippen LogP contribution is -2.39. The van der Waals surface area contributed by atoms with Gasteiger partial charge in [0.25, 0.3) is 11.8 Å². The van der Waals surface area contributed by atoms with Crippen molar-refractivity contribution in [3.05, 3.63) is 131 Å². The molecule has 2 fully saturated rings. The van der Waals surface area contributed by atoms with Crippen LogP contribution in [0.2, 0.25) is 0 Å². The third-order valence-corrected chi connectivity index (χ3v) is 13.2. The number of anilines is 4. The van der Waals surface area contributed by atoms with Gasteiger partial charge in [-0.3, -0.25) is 19.2 Å². The zero-order valence-electron chi connectivity index (χ0n) is 41.0. The number of benzene rings is 4. The molecule has 0 bridgehead atoms. The van der Waals surface area contributed by atoms with Gasteiger partial charge in [-0.15, -0.1) is 0 Å². The summed E-state index contributed by atoms with van der Waals surface area (Å²) < 4.78 is 23.8. The number of amides is 4. The molecule has 0 atom stereocenters. The monoisotopic (exact) mass is 1010 g/mol. The number of aliphatic hydroxyl groups is 1. The smallest absolute Gasteiger partial charge is 0.359 e. The SMILES string of the molecule is C.CCOC(=O)c1nn(-c2ccc(OC)cc2)c2c1CCN(c1ccc(N3CCCCC3=O)cc1)C2=O.COc1ccc(-n2nc(C(=O)OCCO)c3c2C(=O)N(c2ccc(N4CCCCC4=O)cc2)CC3)cc1. The largest absolute Gasteiger partial charge is 0.497 e. The fourth-order valence-corrected chi connectivity index (χ4v) is 9.55. The van der Waals surface area contributed by atoms with Crippen molar-refractivity contribution in [2.24, 2.45) is 0 Å². The number of hydrogen-bond acceptors (Lipinski definition) is 13. The van der Waals surface area contributed by atoms with Gasteiger partial charge in [0.1, 0.15) is 29.5 Å². The molecule has 10 rings (SSSR count). The Kier molecular flexibility index (Phi) is 16.2. The number of rotatable bonds is 13. The summed E-state index contributed by atoms with van der Waals surface area (Å²) in [6.07, 6.45) is 5.76. The second-order valence-corrected chi connectivity index (χ2v) is 17.6. The van der Waals surface area contributed by atoms with Crippen molar-refractivity contribution in [3.63, 3.8) is 0 Å². The fraction of sp³-hybridized carbons (Fsp3) is 0.345. The molecule has 4 aliphatic heterocycles. The van der Waals surface area contributed by atoms with Gasteiger partial charge in [0.05, 0.1) is 38.8 Å². The first-order chi connectivity index (χ1) is 35.5. The van der Waals surface area contributed by atoms with E-state index < -0.39 is 11.9 Å². The number of piperidine rings is 2. The molecular weight excluding hydrogens is 949 g/mol. The number of aliphatic hydroxyl groups excluding tert-OH is 1. The molecule has 6 aromatic rings. The third-order valence-electron chi connectivity index (χ3n) is 13.2. The van der Waals surface area contributed by atoms with E-state index in [0.29, 0.717) is 97.2 Å². The van der Waals surface area contributed by atoms with E-state index in [1.807, 2.05) is 48.5 Å². The van der Waals surface area contributed by atoms with Crippen molar-refractivity contribution >= 4 is 58.3 Å². The highest BCUT2D eigenvalue weighted by molar-refractivity contribution is 6.10. The molecule has 0 radical (unpaired) electrons. The predicted molar refractivity (Wildman–Crippen MR) is 276 cm³/mol. The summed E-state index contributed by atoms with van der Waals surface area (Å²) in [4.78, 5) is 84.5. The zero-order valence-corrected chi connectivity index (χ0v) is 41.0. The average Bonchev–Trinajstić information content (AvgIpc) is 4.03. The van der Waals surface area contributed by atoms with Crippen molar-refractivity contribution in [2.45, 2.75) is 65.7 Å². The molecule has 0 unspecified atom stereocenters. The van der Waals surface area contributed by atoms with Crippen molar-refractivity contribution in [3.8, 4) is 22.9 Å². The van der Waals surface area contributed by atoms with Gasteiger partial charge in [0.15, 0.2) is 11.4 Å². The highest BCUT2D eigenvalue weighted by Gasteiger charge is 2.38. The maximum absolute atomic E-state index is 13.8. The Morgan fingerprint density at radius 1 is 0.500 bits per heavy atom. The van der Waals surface area contributed by atoms with Gasteiger partial charge in [0, 0.05) is 72.9 Å². The number of ether oxygens (including phenoxy) is 4. The first-order valence-corrected chi connectivity index (χ1v) is 24.5. The highest BCUT2D eigenvalue weighted by Crippen LogP contribution is 2.34. The minimum Gasteiger partial charge on any atom is -0.497 e. The maximum atomic E-state index is 13.8. The molecule has 0 spiro atoms. The molecule has 19 nitrogen and oxygen atoms in total. The van der Waals surface area contributed by atoms with Crippen LogP contribution in [-0.2, 0) is 31.9 Å². The summed E-state index contributed by atoms with van der Waals surface area (Å²) in [5.41, 5.74) is 6.22. The Morgan fingerprint density at radius 3 is 1.22 bits per heavy atom. The van der Waals surface area contributed by atoms with Crippen LogP contribution < -0.4 is 29.1 Å². The van der Waals surface area contributed by atoms with E-state index in [4.69, 9.17) is 24.1 Å². The lowest BCUT2D eigenvalue weighted by Gasteiger charge is -2.29. The first kappa shape index (κ1) is 52.0. The van der Waals surface area contributed by atoms with E-state index in [9.17, 15) is 28.8 Å². The number of hydrogen-bond donors (Lipinski definition) is 1. The number of aromatic nitrogens is 4. The molecular formula is C55H60N8O11. The van der Waals surface area contributed by atoms with E-state index in [1.165, 1.54) is 9.36 Å². The molecule has 2 saturated heterocycles. The molecule has 19 heteroatoms. The molecule has 0 saturated carbocycles. The number of methoxy groups -OCH3 is 2. The first-order valence-electron chi connectivity index (χ1n) is 24.5. The number of carbonyl (C=O) groups is 6. The molecule has 4 amide bonds. The van der Waals surface area contributed by atoms with Gasteiger partial charge in [0.2, 0.25) is 11.8 Å². The molecule has 4 aliphatic rings. The Balaban J connectivity index is 0.000000194. The van der Waals surface area contributed by atoms with Crippen molar-refractivity contribution in [2.75, 3.05) is 79.8 Å². The van der Waals surface area contributed by atoms with Crippen LogP contribution in [0.25, 0.3) is 11.4 Å². The Morgan fingerprint density at radius 2 is 0.865 bits per heavy atom. The third kappa shape index (κ3) is 10.5. The molecule has 1 N–H and O–H groups in total. The van der Waals surface area contributed by atoms with Crippen molar-refractivity contribution in [1.29, 1.82) is 0 Å². The zero-order chi connectivity index (χ0) is 51.2. The molecule has 4 aromatic carbocycles. The lowest BCUT2D eigenvalue weighted by molar-refractivity contribution is -0.120. The summed E-state index contributed by atoms with van der Waals surface area (Å²) >= 11 is 0. The van der Waals surface area contributed by atoms with Gasteiger partial charge in [-0.25, -0.2) is 19.0 Å². The van der Waals surface area contributed by atoms with Crippen LogP contribution in [0.4, 0.5) is 22.7 Å². The summed E-state index contributed by atoms with van der Waals surface area (Å²) in [6, 6.07) is 29.0. The standard InChI is InChI=1S/C27H28N4O6.C27H28N4O5.CH4/c1-36-21-11-9-20(10-12-21)31-25-22(24(28-31)27(35)37-17-16-32)13-15-30(26(25)34)19-7-5-18(6-8-19)29-14-3-2-4-23(29)33;1-3-36-27(34)24-22-15-17-30(19-9-7-18(8-10-19)29-16-5-4-6-23(29)32)26(33)25(22)31(28-24)20-11-13-21(35-2)14-12-20;/h5-12,32H,2-4,13-17H2,1H3;7-14H,3-6,15-17H2,1-2H3;1H4. The predicted octanol–water partition coefficient (Wildman–Crippen LogP) is 7.16. The molecule has 2 aromatic heterocycles. The second kappa shape index (κ2) is 23.0. The van der Waals surface area contributed by atoms with Crippen LogP contribution in [0.5, 0.6) is 11.5 Å². The molecule has 0 aliphatic carbocycles. The Labute approximate surface area is 428 Å². The summed E-state index contributed by atoms with van der Waals surface area (Å²) in [5, 5.41) is 18.0. The normalized spacial score (nSPS) is 15.4. The van der Waals surface area contributed by atoms with Crippen LogP contribution in [-0.4, -0.2) is 120 Å². The highest BCUT2D eigenvalue weighted by atomic mass is 16.5. The maximum Gasteiger partial charge on any atom is 0.359 e. The van der Waals surface area contributed by atoms with Crippen LogP contribution in [0.3, 0.4) is 0 Å². The molecule has 74 heavy (non-hydrogen) atoms. The molecule has 6 heterocycles. The van der Waals surface area contributed by atoms with E-state index in [1.54, 1.807) is 89.3 Å². The minimum absolute atomic E-state index is 0. The van der Waals surface area contributed by atoms with Crippen molar-refractivity contribution < 1.29 is 52.8 Å². The number of esters is 2. The number of fused-ring (bicyclic) bond motifs is 2.